The summed E-state index contributed by atoms with van der Waals surface area (Å²) in [5.41, 5.74) is 0.556. The van der Waals surface area contributed by atoms with E-state index in [0.717, 1.165) is 38.4 Å². The molecule has 1 aliphatic rings. The second-order valence-corrected chi connectivity index (χ2v) is 6.51. The predicted molar refractivity (Wildman–Crippen MR) is 123 cm³/mol. The number of carbonyl (C=O) groups excluding carboxylic acids is 2. The molecular weight excluding hydrogens is 487 g/mol. The fourth-order valence-corrected chi connectivity index (χ4v) is 3.12. The van der Waals surface area contributed by atoms with Crippen LogP contribution in [0.15, 0.2) is 29.3 Å². The van der Waals surface area contributed by atoms with E-state index in [2.05, 4.69) is 20.5 Å². The second-order valence-electron chi connectivity index (χ2n) is 6.51. The molecule has 2 N–H and O–H groups in total. The molecule has 0 radical (unpaired) electrons. The number of carbonyl (C=O) groups is 2. The number of likely N-dealkylation sites (tertiary alicyclic amines) is 1. The molecule has 1 fully saturated rings. The number of nitrogens with one attached hydrogen (secondary N) is 2. The molecule has 1 saturated heterocycles. The lowest BCUT2D eigenvalue weighted by Gasteiger charge is -2.33. The Kier molecular flexibility index (Phi) is 11.4. The molecule has 8 nitrogen and oxygen atoms in total. The lowest BCUT2D eigenvalue weighted by molar-refractivity contribution is -0.146. The van der Waals surface area contributed by atoms with Crippen LogP contribution < -0.4 is 15.4 Å². The molecule has 2 rings (SSSR count). The highest BCUT2D eigenvalue weighted by molar-refractivity contribution is 14.0. The Hall–Kier alpha value is -2.04. The van der Waals surface area contributed by atoms with Gasteiger partial charge in [-0.1, -0.05) is 6.07 Å². The van der Waals surface area contributed by atoms with Crippen molar-refractivity contribution in [1.82, 2.24) is 15.5 Å². The number of halogens is 1. The number of benzene rings is 1. The SMILES string of the molecule is CCNC(=NCCNC(=O)c1cccc(OC)c1)N1CCC(C(=O)OC)CC1.I. The molecule has 1 heterocycles. The third-order valence-electron chi connectivity index (χ3n) is 4.65. The molecule has 0 aromatic heterocycles. The van der Waals surface area contributed by atoms with Crippen molar-refractivity contribution in [3.63, 3.8) is 0 Å². The number of amides is 1. The number of hydrogen-bond donors (Lipinski definition) is 2. The average molecular weight is 518 g/mol. The normalized spacial score (nSPS) is 14.6. The van der Waals surface area contributed by atoms with Gasteiger partial charge in [0, 0.05) is 31.7 Å². The van der Waals surface area contributed by atoms with Gasteiger partial charge in [-0.25, -0.2) is 0 Å². The van der Waals surface area contributed by atoms with Gasteiger partial charge in [0.2, 0.25) is 0 Å². The van der Waals surface area contributed by atoms with Crippen molar-refractivity contribution in [3.05, 3.63) is 29.8 Å². The van der Waals surface area contributed by atoms with Crippen LogP contribution in [0, 0.1) is 5.92 Å². The summed E-state index contributed by atoms with van der Waals surface area (Å²) in [6.45, 7) is 5.18. The van der Waals surface area contributed by atoms with Gasteiger partial charge in [0.15, 0.2) is 5.96 Å². The molecule has 9 heteroatoms. The van der Waals surface area contributed by atoms with Gasteiger partial charge in [0.1, 0.15) is 5.75 Å². The molecule has 0 aliphatic carbocycles. The molecule has 0 atom stereocenters. The summed E-state index contributed by atoms with van der Waals surface area (Å²) in [6.07, 6.45) is 1.51. The summed E-state index contributed by atoms with van der Waals surface area (Å²) in [6, 6.07) is 7.03. The Bertz CT molecular complexity index is 691. The molecule has 0 unspecified atom stereocenters. The number of piperidine rings is 1. The van der Waals surface area contributed by atoms with Crippen molar-refractivity contribution in [2.45, 2.75) is 19.8 Å². The Labute approximate surface area is 189 Å². The summed E-state index contributed by atoms with van der Waals surface area (Å²) in [4.78, 5) is 30.6. The molecule has 0 bridgehead atoms. The average Bonchev–Trinajstić information content (AvgIpc) is 2.75. The number of ether oxygens (including phenoxy) is 2. The minimum absolute atomic E-state index is 0. The van der Waals surface area contributed by atoms with E-state index in [4.69, 9.17) is 9.47 Å². The van der Waals surface area contributed by atoms with Crippen LogP contribution in [0.4, 0.5) is 0 Å². The smallest absolute Gasteiger partial charge is 0.308 e. The van der Waals surface area contributed by atoms with Gasteiger partial charge in [-0.2, -0.15) is 0 Å². The first-order valence-corrected chi connectivity index (χ1v) is 9.62. The van der Waals surface area contributed by atoms with Crippen molar-refractivity contribution in [2.75, 3.05) is 46.9 Å². The molecule has 1 aromatic rings. The van der Waals surface area contributed by atoms with Gasteiger partial charge in [0.05, 0.1) is 26.7 Å². The van der Waals surface area contributed by atoms with E-state index in [-0.39, 0.29) is 41.8 Å². The summed E-state index contributed by atoms with van der Waals surface area (Å²) in [5.74, 6) is 1.13. The van der Waals surface area contributed by atoms with Crippen molar-refractivity contribution in [1.29, 1.82) is 0 Å². The fraction of sp³-hybridized carbons (Fsp3) is 0.550. The molecule has 1 aromatic carbocycles. The number of hydrogen-bond acceptors (Lipinski definition) is 5. The van der Waals surface area contributed by atoms with Gasteiger partial charge in [-0.3, -0.25) is 14.6 Å². The maximum atomic E-state index is 12.2. The lowest BCUT2D eigenvalue weighted by atomic mass is 9.97. The Balaban J connectivity index is 0.00000420. The Morgan fingerprint density at radius 3 is 2.55 bits per heavy atom. The Morgan fingerprint density at radius 1 is 1.21 bits per heavy atom. The standard InChI is InChI=1S/C20H30N4O4.HI/c1-4-21-20(24-12-8-15(9-13-24)19(26)28-3)23-11-10-22-18(25)16-6-5-7-17(14-16)27-2;/h5-7,14-15H,4,8-13H2,1-3H3,(H,21,23)(H,22,25);1H. The first kappa shape index (κ1) is 25.0. The zero-order valence-corrected chi connectivity index (χ0v) is 19.6. The van der Waals surface area contributed by atoms with Crippen LogP contribution in [0.3, 0.4) is 0 Å². The molecule has 162 valence electrons. The third kappa shape index (κ3) is 7.71. The zero-order valence-electron chi connectivity index (χ0n) is 17.3. The number of aliphatic imine (C=N–C) groups is 1. The molecule has 1 aliphatic heterocycles. The maximum absolute atomic E-state index is 12.2. The summed E-state index contributed by atoms with van der Waals surface area (Å²) in [5, 5.41) is 6.15. The number of methoxy groups -OCH3 is 2. The molecule has 1 amide bonds. The quantitative estimate of drug-likeness (QED) is 0.188. The number of rotatable bonds is 7. The van der Waals surface area contributed by atoms with Crippen LogP contribution in [-0.4, -0.2) is 69.7 Å². The van der Waals surface area contributed by atoms with E-state index in [1.807, 2.05) is 6.92 Å². The van der Waals surface area contributed by atoms with E-state index in [1.165, 1.54) is 7.11 Å². The highest BCUT2D eigenvalue weighted by Gasteiger charge is 2.26. The second kappa shape index (κ2) is 13.2. The maximum Gasteiger partial charge on any atom is 0.308 e. The summed E-state index contributed by atoms with van der Waals surface area (Å²) >= 11 is 0. The number of guanidine groups is 1. The van der Waals surface area contributed by atoms with Crippen LogP contribution in [0.25, 0.3) is 0 Å². The van der Waals surface area contributed by atoms with Crippen LogP contribution >= 0.6 is 24.0 Å². The Morgan fingerprint density at radius 2 is 1.93 bits per heavy atom. The topological polar surface area (TPSA) is 92.3 Å². The largest absolute Gasteiger partial charge is 0.497 e. The van der Waals surface area contributed by atoms with E-state index in [1.54, 1.807) is 31.4 Å². The molecule has 0 spiro atoms. The number of esters is 1. The molecular formula is C20H31IN4O4. The van der Waals surface area contributed by atoms with E-state index < -0.39 is 0 Å². The monoisotopic (exact) mass is 518 g/mol. The van der Waals surface area contributed by atoms with Gasteiger partial charge >= 0.3 is 5.97 Å². The van der Waals surface area contributed by atoms with Gasteiger partial charge in [0.25, 0.3) is 5.91 Å². The van der Waals surface area contributed by atoms with Crippen LogP contribution in [-0.2, 0) is 9.53 Å². The minimum atomic E-state index is -0.155. The summed E-state index contributed by atoms with van der Waals surface area (Å²) < 4.78 is 9.98. The highest BCUT2D eigenvalue weighted by Crippen LogP contribution is 2.18. The van der Waals surface area contributed by atoms with Crippen LogP contribution in [0.2, 0.25) is 0 Å². The van der Waals surface area contributed by atoms with Crippen LogP contribution in [0.1, 0.15) is 30.1 Å². The summed E-state index contributed by atoms with van der Waals surface area (Å²) in [7, 11) is 3.00. The van der Waals surface area contributed by atoms with Crippen molar-refractivity contribution in [2.24, 2.45) is 10.9 Å². The van der Waals surface area contributed by atoms with E-state index in [9.17, 15) is 9.59 Å². The first-order chi connectivity index (χ1) is 13.6. The van der Waals surface area contributed by atoms with Gasteiger partial charge in [-0.05, 0) is 38.0 Å². The zero-order chi connectivity index (χ0) is 20.4. The van der Waals surface area contributed by atoms with E-state index in [0.29, 0.717) is 24.4 Å². The third-order valence-corrected chi connectivity index (χ3v) is 4.65. The van der Waals surface area contributed by atoms with Crippen molar-refractivity contribution < 1.29 is 19.1 Å². The predicted octanol–water partition coefficient (Wildman–Crippen LogP) is 1.89. The first-order valence-electron chi connectivity index (χ1n) is 9.62. The van der Waals surface area contributed by atoms with Gasteiger partial charge < -0.3 is 25.0 Å². The minimum Gasteiger partial charge on any atom is -0.497 e. The van der Waals surface area contributed by atoms with E-state index >= 15 is 0 Å². The fourth-order valence-electron chi connectivity index (χ4n) is 3.12. The van der Waals surface area contributed by atoms with Crippen molar-refractivity contribution >= 4 is 41.8 Å². The molecule has 29 heavy (non-hydrogen) atoms. The van der Waals surface area contributed by atoms with Crippen LogP contribution in [0.5, 0.6) is 5.75 Å². The van der Waals surface area contributed by atoms with Gasteiger partial charge in [-0.15, -0.1) is 24.0 Å². The highest BCUT2D eigenvalue weighted by atomic mass is 127. The lowest BCUT2D eigenvalue weighted by Crippen LogP contribution is -2.47. The van der Waals surface area contributed by atoms with Crippen molar-refractivity contribution in [3.8, 4) is 5.75 Å². The molecule has 0 saturated carbocycles. The number of nitrogens with zero attached hydrogens (tertiary/aromatic N) is 2.